The Kier molecular flexibility index (Phi) is 4.96. The number of carbonyl (C=O) groups is 3. The first-order valence-electron chi connectivity index (χ1n) is 11.8. The minimum atomic E-state index is -1.29. The number of aromatic hydroxyl groups is 1. The number of nitrogens with zero attached hydrogens (tertiary/aromatic N) is 1. The van der Waals surface area contributed by atoms with Crippen molar-refractivity contribution in [1.82, 2.24) is 10.2 Å². The summed E-state index contributed by atoms with van der Waals surface area (Å²) >= 11 is 0. The highest BCUT2D eigenvalue weighted by molar-refractivity contribution is 6.15. The van der Waals surface area contributed by atoms with Crippen LogP contribution in [0.15, 0.2) is 78.9 Å². The molecule has 3 aromatic carbocycles. The maximum atomic E-state index is 13.8. The van der Waals surface area contributed by atoms with E-state index in [1.54, 1.807) is 24.3 Å². The fourth-order valence-electron chi connectivity index (χ4n) is 5.98. The number of fused-ring (bicyclic) bond motifs is 4. The van der Waals surface area contributed by atoms with Crippen molar-refractivity contribution in [3.63, 3.8) is 0 Å². The zero-order valence-corrected chi connectivity index (χ0v) is 19.0. The van der Waals surface area contributed by atoms with Gasteiger partial charge in [0.2, 0.25) is 17.7 Å². The predicted octanol–water partition coefficient (Wildman–Crippen LogP) is 2.60. The molecule has 2 fully saturated rings. The first-order valence-corrected chi connectivity index (χ1v) is 11.8. The highest BCUT2D eigenvalue weighted by Crippen LogP contribution is 2.53. The Morgan fingerprint density at radius 3 is 2.31 bits per heavy atom. The third kappa shape index (κ3) is 3.26. The molecule has 3 heterocycles. The normalized spacial score (nSPS) is 26.8. The van der Waals surface area contributed by atoms with E-state index in [4.69, 9.17) is 0 Å². The van der Waals surface area contributed by atoms with Crippen LogP contribution in [0.5, 0.6) is 5.75 Å². The number of anilines is 1. The molecule has 3 N–H and O–H groups in total. The van der Waals surface area contributed by atoms with Crippen LogP contribution in [0.1, 0.15) is 16.7 Å². The van der Waals surface area contributed by atoms with Crippen LogP contribution >= 0.6 is 0 Å². The smallest absolute Gasteiger partial charge is 0.250 e. The van der Waals surface area contributed by atoms with Gasteiger partial charge >= 0.3 is 0 Å². The molecule has 3 aliphatic rings. The number of likely N-dealkylation sites (tertiary alicyclic amines) is 1. The molecule has 4 atom stereocenters. The molecule has 3 aliphatic heterocycles. The molecule has 0 bridgehead atoms. The number of hydrogen-bond donors (Lipinski definition) is 3. The zero-order chi connectivity index (χ0) is 24.2. The molecule has 3 aromatic rings. The van der Waals surface area contributed by atoms with Gasteiger partial charge in [0.05, 0.1) is 11.8 Å². The fourth-order valence-corrected chi connectivity index (χ4v) is 5.98. The van der Waals surface area contributed by atoms with Gasteiger partial charge < -0.3 is 10.4 Å². The van der Waals surface area contributed by atoms with Crippen LogP contribution in [0.3, 0.4) is 0 Å². The Bertz CT molecular complexity index is 1320. The molecule has 1 spiro atoms. The van der Waals surface area contributed by atoms with Gasteiger partial charge in [-0.3, -0.25) is 24.6 Å². The molecule has 3 amide bonds. The number of para-hydroxylation sites is 1. The molecule has 6 rings (SSSR count). The zero-order valence-electron chi connectivity index (χ0n) is 19.0. The largest absolute Gasteiger partial charge is 0.508 e. The summed E-state index contributed by atoms with van der Waals surface area (Å²) in [5.74, 6) is -2.16. The molecule has 7 nitrogen and oxygen atoms in total. The van der Waals surface area contributed by atoms with E-state index in [9.17, 15) is 19.5 Å². The second-order valence-electron chi connectivity index (χ2n) is 9.50. The fraction of sp³-hybridized carbons (Fsp3) is 0.250. The van der Waals surface area contributed by atoms with Crippen LogP contribution in [0.4, 0.5) is 5.69 Å². The van der Waals surface area contributed by atoms with Gasteiger partial charge in [0.15, 0.2) is 0 Å². The van der Waals surface area contributed by atoms with Crippen LogP contribution in [-0.4, -0.2) is 40.3 Å². The maximum absolute atomic E-state index is 13.8. The quantitative estimate of drug-likeness (QED) is 0.501. The summed E-state index contributed by atoms with van der Waals surface area (Å²) in [6.45, 7) is 0.278. The molecule has 2 saturated heterocycles. The Balaban J connectivity index is 1.39. The summed E-state index contributed by atoms with van der Waals surface area (Å²) in [4.78, 5) is 42.4. The lowest BCUT2D eigenvalue weighted by molar-refractivity contribution is -0.142. The van der Waals surface area contributed by atoms with E-state index in [1.165, 1.54) is 4.90 Å². The van der Waals surface area contributed by atoms with Crippen LogP contribution in [-0.2, 0) is 32.8 Å². The molecule has 35 heavy (non-hydrogen) atoms. The van der Waals surface area contributed by atoms with Crippen LogP contribution in [0, 0.1) is 11.8 Å². The Morgan fingerprint density at radius 2 is 1.54 bits per heavy atom. The predicted molar refractivity (Wildman–Crippen MR) is 129 cm³/mol. The molecular formula is C28H25N3O4. The summed E-state index contributed by atoms with van der Waals surface area (Å²) in [6.07, 6.45) is 1.01. The van der Waals surface area contributed by atoms with Gasteiger partial charge in [-0.05, 0) is 42.2 Å². The average Bonchev–Trinajstić information content (AvgIpc) is 3.44. The average molecular weight is 468 g/mol. The van der Waals surface area contributed by atoms with E-state index in [0.717, 1.165) is 11.1 Å². The third-order valence-electron chi connectivity index (χ3n) is 7.57. The maximum Gasteiger partial charge on any atom is 0.250 e. The minimum absolute atomic E-state index is 0.158. The standard InChI is InChI=1S/C28H25N3O4/c32-19-12-10-18(11-13-19)16-22-23-24(28(30-22)20-8-4-5-9-21(20)29-27(28)35)26(34)31(25(23)33)15-14-17-6-2-1-3-7-17/h1-13,22-24,30,32H,14-16H2,(H,29,35)/t22-,23-,24-,28+/m0/s1. The number of rotatable bonds is 5. The lowest BCUT2D eigenvalue weighted by atomic mass is 9.76. The lowest BCUT2D eigenvalue weighted by Gasteiger charge is -2.29. The Morgan fingerprint density at radius 1 is 0.829 bits per heavy atom. The van der Waals surface area contributed by atoms with Gasteiger partial charge in [0.25, 0.3) is 0 Å². The van der Waals surface area contributed by atoms with E-state index in [0.29, 0.717) is 24.1 Å². The number of carbonyl (C=O) groups excluding carboxylic acids is 3. The molecule has 0 radical (unpaired) electrons. The summed E-state index contributed by atoms with van der Waals surface area (Å²) in [5.41, 5.74) is 2.03. The van der Waals surface area contributed by atoms with E-state index >= 15 is 0 Å². The number of amides is 3. The van der Waals surface area contributed by atoms with Crippen molar-refractivity contribution in [2.75, 3.05) is 11.9 Å². The minimum Gasteiger partial charge on any atom is -0.508 e. The van der Waals surface area contributed by atoms with E-state index in [2.05, 4.69) is 10.6 Å². The molecule has 7 heteroatoms. The first kappa shape index (κ1) is 21.6. The Hall–Kier alpha value is -3.97. The molecule has 0 aliphatic carbocycles. The highest BCUT2D eigenvalue weighted by atomic mass is 16.3. The second kappa shape index (κ2) is 8.06. The van der Waals surface area contributed by atoms with E-state index in [-0.39, 0.29) is 30.0 Å². The van der Waals surface area contributed by atoms with Gasteiger partial charge in [0.1, 0.15) is 11.3 Å². The summed E-state index contributed by atoms with van der Waals surface area (Å²) in [6, 6.07) is 23.5. The number of phenols is 1. The van der Waals surface area contributed by atoms with Gasteiger partial charge in [-0.15, -0.1) is 0 Å². The molecule has 0 unspecified atom stereocenters. The van der Waals surface area contributed by atoms with Gasteiger partial charge in [-0.25, -0.2) is 0 Å². The topological polar surface area (TPSA) is 98.7 Å². The number of nitrogens with one attached hydrogen (secondary N) is 2. The SMILES string of the molecule is O=C1[C@H]2[C@H](Cc3ccc(O)cc3)N[C@@]3(C(=O)Nc4ccccc43)[C@@H]2C(=O)N1CCc1ccccc1. The van der Waals surface area contributed by atoms with Crippen molar-refractivity contribution < 1.29 is 19.5 Å². The van der Waals surface area contributed by atoms with Crippen molar-refractivity contribution in [3.05, 3.63) is 95.6 Å². The number of phenolic OH excluding ortho intramolecular Hbond substituents is 1. The number of imide groups is 1. The Labute approximate surface area is 202 Å². The van der Waals surface area contributed by atoms with Crippen molar-refractivity contribution in [2.45, 2.75) is 24.4 Å². The molecule has 0 saturated carbocycles. The van der Waals surface area contributed by atoms with Gasteiger partial charge in [0, 0.05) is 23.8 Å². The van der Waals surface area contributed by atoms with Gasteiger partial charge in [-0.2, -0.15) is 0 Å². The lowest BCUT2D eigenvalue weighted by Crippen LogP contribution is -2.53. The van der Waals surface area contributed by atoms with Crippen molar-refractivity contribution in [3.8, 4) is 5.75 Å². The van der Waals surface area contributed by atoms with Gasteiger partial charge in [-0.1, -0.05) is 60.7 Å². The monoisotopic (exact) mass is 467 g/mol. The molecule has 0 aromatic heterocycles. The van der Waals surface area contributed by atoms with E-state index < -0.39 is 23.4 Å². The molecule has 176 valence electrons. The number of benzene rings is 3. The third-order valence-corrected chi connectivity index (χ3v) is 7.57. The van der Waals surface area contributed by atoms with Crippen LogP contribution < -0.4 is 10.6 Å². The first-order chi connectivity index (χ1) is 17.0. The van der Waals surface area contributed by atoms with E-state index in [1.807, 2.05) is 54.6 Å². The number of hydrogen-bond acceptors (Lipinski definition) is 5. The van der Waals surface area contributed by atoms with Crippen molar-refractivity contribution >= 4 is 23.4 Å². The summed E-state index contributed by atoms with van der Waals surface area (Å²) in [5, 5.41) is 16.0. The van der Waals surface area contributed by atoms with Crippen molar-refractivity contribution in [2.24, 2.45) is 11.8 Å². The summed E-state index contributed by atoms with van der Waals surface area (Å²) < 4.78 is 0. The summed E-state index contributed by atoms with van der Waals surface area (Å²) in [7, 11) is 0. The van der Waals surface area contributed by atoms with Crippen LogP contribution in [0.25, 0.3) is 0 Å². The van der Waals surface area contributed by atoms with Crippen LogP contribution in [0.2, 0.25) is 0 Å². The van der Waals surface area contributed by atoms with Crippen molar-refractivity contribution in [1.29, 1.82) is 0 Å². The highest BCUT2D eigenvalue weighted by Gasteiger charge is 2.70. The molecular weight excluding hydrogens is 442 g/mol. The second-order valence-corrected chi connectivity index (χ2v) is 9.50.